The van der Waals surface area contributed by atoms with Gasteiger partial charge < -0.3 is 19.7 Å². The van der Waals surface area contributed by atoms with Crippen LogP contribution in [0.15, 0.2) is 30.4 Å². The zero-order valence-corrected chi connectivity index (χ0v) is 15.0. The minimum atomic E-state index is -4.59. The Morgan fingerprint density at radius 2 is 2.07 bits per heavy atom. The number of rotatable bonds is 7. The molecular weight excluding hydrogens is 369 g/mol. The Bertz CT molecular complexity index is 690. The van der Waals surface area contributed by atoms with Gasteiger partial charge in [0.15, 0.2) is 5.82 Å². The maximum atomic E-state index is 13.3. The van der Waals surface area contributed by atoms with E-state index in [9.17, 15) is 23.3 Å². The van der Waals surface area contributed by atoms with Gasteiger partial charge in [-0.05, 0) is 26.0 Å². The number of alkyl halides is 3. The number of nitrogens with zero attached hydrogens (tertiary/aromatic N) is 3. The quantitative estimate of drug-likeness (QED) is 0.434. The number of nitrogens with one attached hydrogen (secondary N) is 1. The second-order valence-electron chi connectivity index (χ2n) is 5.78. The molecule has 0 unspecified atom stereocenters. The molecule has 150 valence electrons. The monoisotopic (exact) mass is 390 g/mol. The Kier molecular flexibility index (Phi) is 6.60. The van der Waals surface area contributed by atoms with Crippen LogP contribution in [0.2, 0.25) is 0 Å². The molecule has 27 heavy (non-hydrogen) atoms. The van der Waals surface area contributed by atoms with Gasteiger partial charge in [-0.1, -0.05) is 0 Å². The van der Waals surface area contributed by atoms with Gasteiger partial charge in [0.1, 0.15) is 0 Å². The van der Waals surface area contributed by atoms with Crippen LogP contribution in [-0.2, 0) is 22.2 Å². The minimum Gasteiger partial charge on any atom is -0.361 e. The van der Waals surface area contributed by atoms with Crippen molar-refractivity contribution in [2.24, 2.45) is 0 Å². The summed E-state index contributed by atoms with van der Waals surface area (Å²) in [6.45, 7) is 3.96. The molecule has 1 aromatic heterocycles. The Balaban J connectivity index is 2.37. The van der Waals surface area contributed by atoms with Crippen LogP contribution in [0, 0.1) is 10.1 Å². The summed E-state index contributed by atoms with van der Waals surface area (Å²) in [5, 5.41) is 13.7. The lowest BCUT2D eigenvalue weighted by molar-refractivity contribution is -0.405. The van der Waals surface area contributed by atoms with Crippen molar-refractivity contribution in [1.82, 2.24) is 15.2 Å². The van der Waals surface area contributed by atoms with E-state index >= 15 is 0 Å². The first-order chi connectivity index (χ1) is 12.7. The second-order valence-corrected chi connectivity index (χ2v) is 5.78. The van der Waals surface area contributed by atoms with Crippen LogP contribution < -0.4 is 5.32 Å². The third-order valence-corrected chi connectivity index (χ3v) is 3.89. The van der Waals surface area contributed by atoms with E-state index in [2.05, 4.69) is 10.3 Å². The van der Waals surface area contributed by atoms with Crippen molar-refractivity contribution in [3.63, 3.8) is 0 Å². The van der Waals surface area contributed by atoms with Crippen molar-refractivity contribution in [3.8, 4) is 0 Å². The van der Waals surface area contributed by atoms with E-state index in [1.165, 1.54) is 17.2 Å². The lowest BCUT2D eigenvalue weighted by atomic mass is 10.1. The van der Waals surface area contributed by atoms with Crippen LogP contribution in [-0.4, -0.2) is 46.9 Å². The smallest absolute Gasteiger partial charge is 0.361 e. The molecule has 2 heterocycles. The third kappa shape index (κ3) is 5.30. The number of nitro groups is 1. The van der Waals surface area contributed by atoms with Crippen LogP contribution in [0.25, 0.3) is 0 Å². The number of hydrogen-bond donors (Lipinski definition) is 1. The van der Waals surface area contributed by atoms with Crippen LogP contribution >= 0.6 is 0 Å². The lowest BCUT2D eigenvalue weighted by Crippen LogP contribution is -2.59. The topological polar surface area (TPSA) is 89.8 Å². The summed E-state index contributed by atoms with van der Waals surface area (Å²) in [6, 6.07) is 2.12. The zero-order chi connectivity index (χ0) is 20.1. The molecule has 0 spiro atoms. The molecule has 1 saturated heterocycles. The van der Waals surface area contributed by atoms with Crippen molar-refractivity contribution >= 4 is 0 Å². The van der Waals surface area contributed by atoms with Crippen LogP contribution in [0.5, 0.6) is 0 Å². The maximum Gasteiger partial charge on any atom is 0.418 e. The average molecular weight is 390 g/mol. The number of pyridine rings is 1. The summed E-state index contributed by atoms with van der Waals surface area (Å²) in [5.74, 6) is -1.07. The Hall–Kier alpha value is -2.40. The predicted octanol–water partition coefficient (Wildman–Crippen LogP) is 2.35. The van der Waals surface area contributed by atoms with E-state index in [0.717, 1.165) is 6.07 Å². The normalized spacial score (nSPS) is 18.4. The molecule has 8 nitrogen and oxygen atoms in total. The van der Waals surface area contributed by atoms with Gasteiger partial charge >= 0.3 is 6.18 Å². The molecular formula is C16H21F3N4O4. The molecule has 1 aliphatic rings. The molecule has 2 rings (SSSR count). The highest BCUT2D eigenvalue weighted by molar-refractivity contribution is 5.24. The summed E-state index contributed by atoms with van der Waals surface area (Å²) in [5.41, 5.74) is -1.14. The summed E-state index contributed by atoms with van der Waals surface area (Å²) in [6.07, 6.45) is -2.63. The Labute approximate surface area is 154 Å². The first-order valence-electron chi connectivity index (χ1n) is 8.34. The van der Waals surface area contributed by atoms with E-state index < -0.39 is 22.5 Å². The highest BCUT2D eigenvalue weighted by atomic mass is 19.4. The van der Waals surface area contributed by atoms with Gasteiger partial charge in [0.05, 0.1) is 35.8 Å². The van der Waals surface area contributed by atoms with Crippen LogP contribution in [0.1, 0.15) is 25.1 Å². The van der Waals surface area contributed by atoms with Gasteiger partial charge in [-0.3, -0.25) is 15.1 Å². The molecule has 0 saturated carbocycles. The van der Waals surface area contributed by atoms with Crippen LogP contribution in [0.4, 0.5) is 13.2 Å². The van der Waals surface area contributed by atoms with Gasteiger partial charge in [-0.25, -0.2) is 0 Å². The molecule has 0 aromatic carbocycles. The number of ether oxygens (including phenoxy) is 2. The zero-order valence-electron chi connectivity index (χ0n) is 15.0. The molecule has 1 aliphatic heterocycles. The van der Waals surface area contributed by atoms with Crippen LogP contribution in [0.3, 0.4) is 0 Å². The van der Waals surface area contributed by atoms with Crippen molar-refractivity contribution in [1.29, 1.82) is 0 Å². The minimum absolute atomic E-state index is 0.00915. The predicted molar refractivity (Wildman–Crippen MR) is 88.7 cm³/mol. The van der Waals surface area contributed by atoms with Gasteiger partial charge in [0.25, 0.3) is 6.20 Å². The highest BCUT2D eigenvalue weighted by Crippen LogP contribution is 2.32. The summed E-state index contributed by atoms with van der Waals surface area (Å²) in [7, 11) is 0. The highest BCUT2D eigenvalue weighted by Gasteiger charge is 2.41. The summed E-state index contributed by atoms with van der Waals surface area (Å²) >= 11 is 0. The average Bonchev–Trinajstić information content (AvgIpc) is 2.57. The molecule has 0 radical (unpaired) electrons. The molecule has 0 aliphatic carbocycles. The Morgan fingerprint density at radius 3 is 2.63 bits per heavy atom. The van der Waals surface area contributed by atoms with E-state index in [1.807, 2.05) is 0 Å². The number of aromatic nitrogens is 1. The summed E-state index contributed by atoms with van der Waals surface area (Å²) < 4.78 is 51.1. The molecule has 1 aromatic rings. The van der Waals surface area contributed by atoms with Crippen molar-refractivity contribution in [3.05, 3.63) is 51.7 Å². The first-order valence-corrected chi connectivity index (χ1v) is 8.34. The molecule has 1 fully saturated rings. The van der Waals surface area contributed by atoms with Gasteiger partial charge in [-0.15, -0.1) is 0 Å². The number of hydrogen-bond acceptors (Lipinski definition) is 7. The van der Waals surface area contributed by atoms with Gasteiger partial charge in [0.2, 0.25) is 5.79 Å². The Morgan fingerprint density at radius 1 is 1.41 bits per heavy atom. The number of halogens is 3. The largest absolute Gasteiger partial charge is 0.418 e. The van der Waals surface area contributed by atoms with Crippen molar-refractivity contribution in [2.45, 2.75) is 32.4 Å². The second kappa shape index (κ2) is 8.53. The van der Waals surface area contributed by atoms with E-state index in [0.29, 0.717) is 19.4 Å². The fourth-order valence-corrected chi connectivity index (χ4v) is 2.90. The molecule has 0 atom stereocenters. The maximum absolute atomic E-state index is 13.3. The van der Waals surface area contributed by atoms with Crippen molar-refractivity contribution in [2.75, 3.05) is 26.3 Å². The third-order valence-electron chi connectivity index (χ3n) is 3.89. The SMILES string of the molecule is CCOC1(OCC)CN/C(=C\[N+](=O)[O-])N(Cc2ncccc2C(F)(F)F)C1. The fourth-order valence-electron chi connectivity index (χ4n) is 2.90. The summed E-state index contributed by atoms with van der Waals surface area (Å²) in [4.78, 5) is 15.4. The first kappa shape index (κ1) is 20.9. The molecule has 1 N–H and O–H groups in total. The molecule has 0 bridgehead atoms. The lowest BCUT2D eigenvalue weighted by Gasteiger charge is -2.43. The van der Waals surface area contributed by atoms with Gasteiger partial charge in [0, 0.05) is 19.4 Å². The molecule has 11 heteroatoms. The standard InChI is InChI=1S/C16H21F3N4O4/c1-3-26-15(27-4-2)10-21-14(9-23(24)25)22(11-15)8-13-12(16(17,18)19)6-5-7-20-13/h5-7,9,21H,3-4,8,10-11H2,1-2H3/b14-9+. The van der Waals surface area contributed by atoms with E-state index in [1.54, 1.807) is 13.8 Å². The molecule has 0 amide bonds. The van der Waals surface area contributed by atoms with E-state index in [-0.39, 0.29) is 31.1 Å². The van der Waals surface area contributed by atoms with Gasteiger partial charge in [-0.2, -0.15) is 13.2 Å². The fraction of sp³-hybridized carbons (Fsp3) is 0.562. The van der Waals surface area contributed by atoms with Crippen molar-refractivity contribution < 1.29 is 27.6 Å². The van der Waals surface area contributed by atoms with E-state index in [4.69, 9.17) is 9.47 Å².